The highest BCUT2D eigenvalue weighted by molar-refractivity contribution is 6.31. The van der Waals surface area contributed by atoms with E-state index in [0.717, 1.165) is 27.8 Å². The summed E-state index contributed by atoms with van der Waals surface area (Å²) < 4.78 is 5.54. The highest BCUT2D eigenvalue weighted by Crippen LogP contribution is 2.38. The van der Waals surface area contributed by atoms with Crippen LogP contribution >= 0.6 is 11.6 Å². The lowest BCUT2D eigenvalue weighted by atomic mass is 10.0. The molecule has 3 aromatic carbocycles. The zero-order valence-corrected chi connectivity index (χ0v) is 17.4. The molecule has 0 amide bonds. The van der Waals surface area contributed by atoms with E-state index in [1.54, 1.807) is 7.11 Å². The van der Waals surface area contributed by atoms with Crippen LogP contribution < -0.4 is 9.64 Å². The second-order valence-electron chi connectivity index (χ2n) is 6.96. The maximum Gasteiger partial charge on any atom is 0.159 e. The van der Waals surface area contributed by atoms with E-state index in [4.69, 9.17) is 16.3 Å². The van der Waals surface area contributed by atoms with Crippen molar-refractivity contribution in [2.75, 3.05) is 19.1 Å². The third-order valence-electron chi connectivity index (χ3n) is 5.28. The van der Waals surface area contributed by atoms with Crippen LogP contribution in [-0.2, 0) is 0 Å². The van der Waals surface area contributed by atoms with Crippen LogP contribution in [0.4, 0.5) is 5.82 Å². The van der Waals surface area contributed by atoms with Gasteiger partial charge in [-0.2, -0.15) is 0 Å². The van der Waals surface area contributed by atoms with E-state index in [-0.39, 0.29) is 6.04 Å². The Hall–Kier alpha value is -3.11. The van der Waals surface area contributed by atoms with Crippen LogP contribution in [-0.4, -0.2) is 24.4 Å². The Labute approximate surface area is 175 Å². The third-order valence-corrected chi connectivity index (χ3v) is 5.52. The van der Waals surface area contributed by atoms with Crippen LogP contribution in [0.3, 0.4) is 0 Å². The largest absolute Gasteiger partial charge is 0.496 e. The van der Waals surface area contributed by atoms with E-state index in [1.807, 2.05) is 43.4 Å². The molecule has 0 aliphatic heterocycles. The number of halogens is 1. The molecule has 0 aliphatic carbocycles. The molecule has 146 valence electrons. The fraction of sp³-hybridized carbons (Fsp3) is 0.167. The molecule has 0 aliphatic rings. The van der Waals surface area contributed by atoms with Crippen molar-refractivity contribution in [1.29, 1.82) is 0 Å². The van der Waals surface area contributed by atoms with Crippen molar-refractivity contribution in [1.82, 2.24) is 10.2 Å². The molecule has 0 saturated heterocycles. The SMILES string of the molecule is COc1ccc(Cl)cc1-c1nnc(N(C)C(C)c2ccccc2)c2ccccc12. The molecule has 1 atom stereocenters. The van der Waals surface area contributed by atoms with Gasteiger partial charge in [0.15, 0.2) is 5.82 Å². The van der Waals surface area contributed by atoms with Gasteiger partial charge in [0, 0.05) is 28.4 Å². The summed E-state index contributed by atoms with van der Waals surface area (Å²) in [5, 5.41) is 11.9. The second kappa shape index (κ2) is 8.10. The van der Waals surface area contributed by atoms with Gasteiger partial charge in [-0.1, -0.05) is 66.2 Å². The molecule has 1 aromatic heterocycles. The van der Waals surface area contributed by atoms with Gasteiger partial charge in [0.1, 0.15) is 11.4 Å². The Bertz CT molecular complexity index is 1150. The number of nitrogens with zero attached hydrogens (tertiary/aromatic N) is 3. The molecule has 1 heterocycles. The number of methoxy groups -OCH3 is 1. The second-order valence-corrected chi connectivity index (χ2v) is 7.40. The van der Waals surface area contributed by atoms with Crippen LogP contribution in [0.1, 0.15) is 18.5 Å². The van der Waals surface area contributed by atoms with Gasteiger partial charge in [-0.3, -0.25) is 0 Å². The van der Waals surface area contributed by atoms with Crippen molar-refractivity contribution in [2.24, 2.45) is 0 Å². The molecule has 0 fully saturated rings. The molecule has 1 unspecified atom stereocenters. The Kier molecular flexibility index (Phi) is 5.36. The lowest BCUT2D eigenvalue weighted by Gasteiger charge is -2.27. The summed E-state index contributed by atoms with van der Waals surface area (Å²) >= 11 is 6.25. The predicted octanol–water partition coefficient (Wildman–Crippen LogP) is 6.16. The molecule has 0 saturated carbocycles. The van der Waals surface area contributed by atoms with E-state index < -0.39 is 0 Å². The Morgan fingerprint density at radius 3 is 2.31 bits per heavy atom. The van der Waals surface area contributed by atoms with Crippen molar-refractivity contribution >= 4 is 28.2 Å². The van der Waals surface area contributed by atoms with E-state index >= 15 is 0 Å². The molecule has 4 aromatic rings. The Morgan fingerprint density at radius 1 is 0.897 bits per heavy atom. The first-order chi connectivity index (χ1) is 14.1. The highest BCUT2D eigenvalue weighted by atomic mass is 35.5. The van der Waals surface area contributed by atoms with E-state index in [1.165, 1.54) is 5.56 Å². The van der Waals surface area contributed by atoms with E-state index in [2.05, 4.69) is 58.4 Å². The fourth-order valence-corrected chi connectivity index (χ4v) is 3.73. The molecule has 4 rings (SSSR count). The molecule has 0 N–H and O–H groups in total. The summed E-state index contributed by atoms with van der Waals surface area (Å²) in [6, 6.07) is 24.2. The van der Waals surface area contributed by atoms with Crippen LogP contribution in [0.5, 0.6) is 5.75 Å². The van der Waals surface area contributed by atoms with Gasteiger partial charge in [-0.05, 0) is 30.7 Å². The summed E-state index contributed by atoms with van der Waals surface area (Å²) in [5.74, 6) is 1.55. The average Bonchev–Trinajstić information content (AvgIpc) is 2.78. The van der Waals surface area contributed by atoms with Gasteiger partial charge in [0.05, 0.1) is 13.2 Å². The number of fused-ring (bicyclic) bond motifs is 1. The molecule has 0 spiro atoms. The van der Waals surface area contributed by atoms with Crippen LogP contribution in [0.25, 0.3) is 22.0 Å². The maximum atomic E-state index is 6.25. The van der Waals surface area contributed by atoms with Gasteiger partial charge >= 0.3 is 0 Å². The molecular weight excluding hydrogens is 382 g/mol. The minimum absolute atomic E-state index is 0.153. The van der Waals surface area contributed by atoms with Crippen molar-refractivity contribution in [3.63, 3.8) is 0 Å². The summed E-state index contributed by atoms with van der Waals surface area (Å²) in [6.45, 7) is 2.17. The number of anilines is 1. The number of aromatic nitrogens is 2. The van der Waals surface area contributed by atoms with Crippen LogP contribution in [0.2, 0.25) is 5.02 Å². The van der Waals surface area contributed by atoms with Crippen LogP contribution in [0, 0.1) is 0 Å². The van der Waals surface area contributed by atoms with Gasteiger partial charge in [-0.15, -0.1) is 10.2 Å². The van der Waals surface area contributed by atoms with Crippen molar-refractivity contribution in [3.8, 4) is 17.0 Å². The minimum atomic E-state index is 0.153. The smallest absolute Gasteiger partial charge is 0.159 e. The van der Waals surface area contributed by atoms with Gasteiger partial charge < -0.3 is 9.64 Å². The average molecular weight is 404 g/mol. The van der Waals surface area contributed by atoms with Gasteiger partial charge in [-0.25, -0.2) is 0 Å². The molecular formula is C24H22ClN3O. The lowest BCUT2D eigenvalue weighted by molar-refractivity contribution is 0.416. The lowest BCUT2D eigenvalue weighted by Crippen LogP contribution is -2.23. The molecule has 0 radical (unpaired) electrons. The minimum Gasteiger partial charge on any atom is -0.496 e. The number of benzene rings is 3. The first-order valence-electron chi connectivity index (χ1n) is 9.47. The standard InChI is InChI=1S/C24H22ClN3O/c1-16(17-9-5-4-6-10-17)28(2)24-20-12-8-7-11-19(20)23(26-27-24)21-15-18(25)13-14-22(21)29-3/h4-16H,1-3H3. The summed E-state index contributed by atoms with van der Waals surface area (Å²) in [7, 11) is 3.69. The van der Waals surface area contributed by atoms with Gasteiger partial charge in [0.2, 0.25) is 0 Å². The topological polar surface area (TPSA) is 38.3 Å². The van der Waals surface area contributed by atoms with Gasteiger partial charge in [0.25, 0.3) is 0 Å². The molecule has 4 nitrogen and oxygen atoms in total. The number of ether oxygens (including phenoxy) is 1. The highest BCUT2D eigenvalue weighted by Gasteiger charge is 2.20. The number of rotatable bonds is 5. The monoisotopic (exact) mass is 403 g/mol. The molecule has 0 bridgehead atoms. The van der Waals surface area contributed by atoms with Crippen molar-refractivity contribution in [2.45, 2.75) is 13.0 Å². The van der Waals surface area contributed by atoms with Crippen molar-refractivity contribution < 1.29 is 4.74 Å². The van der Waals surface area contributed by atoms with E-state index in [9.17, 15) is 0 Å². The van der Waals surface area contributed by atoms with E-state index in [0.29, 0.717) is 10.8 Å². The van der Waals surface area contributed by atoms with Crippen molar-refractivity contribution in [3.05, 3.63) is 83.4 Å². The number of hydrogen-bond acceptors (Lipinski definition) is 4. The quantitative estimate of drug-likeness (QED) is 0.400. The summed E-state index contributed by atoms with van der Waals surface area (Å²) in [4.78, 5) is 2.16. The Morgan fingerprint density at radius 2 is 1.59 bits per heavy atom. The number of hydrogen-bond donors (Lipinski definition) is 0. The maximum absolute atomic E-state index is 6.25. The fourth-order valence-electron chi connectivity index (χ4n) is 3.55. The summed E-state index contributed by atoms with van der Waals surface area (Å²) in [6.07, 6.45) is 0. The zero-order valence-electron chi connectivity index (χ0n) is 16.6. The Balaban J connectivity index is 1.86. The molecule has 5 heteroatoms. The zero-order chi connectivity index (χ0) is 20.4. The van der Waals surface area contributed by atoms with Crippen LogP contribution in [0.15, 0.2) is 72.8 Å². The summed E-state index contributed by atoms with van der Waals surface area (Å²) in [5.41, 5.74) is 2.81. The first-order valence-corrected chi connectivity index (χ1v) is 9.85. The normalized spacial score (nSPS) is 12.0. The third kappa shape index (κ3) is 3.64. The predicted molar refractivity (Wildman–Crippen MR) is 120 cm³/mol. The molecule has 29 heavy (non-hydrogen) atoms. The first kappa shape index (κ1) is 19.2.